The van der Waals surface area contributed by atoms with Gasteiger partial charge < -0.3 is 10.2 Å². The Balaban J connectivity index is 1.74. The number of fused-ring (bicyclic) bond motifs is 1. The molecule has 1 heterocycles. The van der Waals surface area contributed by atoms with Crippen LogP contribution >= 0.6 is 0 Å². The third-order valence-electron chi connectivity index (χ3n) is 4.06. The number of nitrogens with one attached hydrogen (secondary N) is 1. The van der Waals surface area contributed by atoms with Crippen LogP contribution in [0.15, 0.2) is 18.2 Å². The summed E-state index contributed by atoms with van der Waals surface area (Å²) < 4.78 is 0. The number of hydrogen-bond acceptors (Lipinski definition) is 2. The van der Waals surface area contributed by atoms with Gasteiger partial charge in [0.25, 0.3) is 0 Å². The minimum absolute atomic E-state index is 0.0201. The molecule has 1 fully saturated rings. The van der Waals surface area contributed by atoms with Crippen molar-refractivity contribution in [2.75, 3.05) is 11.9 Å². The van der Waals surface area contributed by atoms with Crippen LogP contribution in [0.1, 0.15) is 37.3 Å². The van der Waals surface area contributed by atoms with E-state index in [0.29, 0.717) is 18.9 Å². The van der Waals surface area contributed by atoms with Gasteiger partial charge in [-0.05, 0) is 42.5 Å². The molecule has 1 aliphatic carbocycles. The normalized spacial score (nSPS) is 17.6. The van der Waals surface area contributed by atoms with E-state index in [1.165, 1.54) is 11.1 Å². The number of amides is 2. The fourth-order valence-corrected chi connectivity index (χ4v) is 2.66. The van der Waals surface area contributed by atoms with Crippen molar-refractivity contribution in [1.29, 1.82) is 0 Å². The zero-order chi connectivity index (χ0) is 14.1. The predicted molar refractivity (Wildman–Crippen MR) is 77.2 cm³/mol. The Morgan fingerprint density at radius 1 is 1.30 bits per heavy atom. The van der Waals surface area contributed by atoms with Crippen LogP contribution in [-0.4, -0.2) is 23.3 Å². The van der Waals surface area contributed by atoms with E-state index in [4.69, 9.17) is 0 Å². The summed E-state index contributed by atoms with van der Waals surface area (Å²) in [6.07, 6.45) is 3.49. The summed E-state index contributed by atoms with van der Waals surface area (Å²) in [5.74, 6) is 0.602. The molecule has 0 spiro atoms. The van der Waals surface area contributed by atoms with Crippen LogP contribution in [0.25, 0.3) is 0 Å². The van der Waals surface area contributed by atoms with Crippen LogP contribution in [-0.2, 0) is 22.6 Å². The quantitative estimate of drug-likeness (QED) is 0.918. The zero-order valence-corrected chi connectivity index (χ0v) is 11.8. The lowest BCUT2D eigenvalue weighted by Gasteiger charge is -2.29. The third kappa shape index (κ3) is 2.69. The van der Waals surface area contributed by atoms with Gasteiger partial charge in [-0.15, -0.1) is 0 Å². The number of hydrogen-bond donors (Lipinski definition) is 1. The average Bonchev–Trinajstić information content (AvgIpc) is 3.30. The first-order chi connectivity index (χ1) is 9.67. The first-order valence-corrected chi connectivity index (χ1v) is 7.38. The third-order valence-corrected chi connectivity index (χ3v) is 4.06. The molecule has 106 valence electrons. The largest absolute Gasteiger partial charge is 0.338 e. The summed E-state index contributed by atoms with van der Waals surface area (Å²) in [5.41, 5.74) is 3.29. The van der Waals surface area contributed by atoms with Crippen molar-refractivity contribution >= 4 is 17.5 Å². The van der Waals surface area contributed by atoms with Crippen LogP contribution in [0.3, 0.4) is 0 Å². The molecule has 1 N–H and O–H groups in total. The Morgan fingerprint density at radius 2 is 2.10 bits per heavy atom. The monoisotopic (exact) mass is 272 g/mol. The molecule has 2 amide bonds. The fraction of sp³-hybridized carbons (Fsp3) is 0.500. The molecule has 0 saturated heterocycles. The summed E-state index contributed by atoms with van der Waals surface area (Å²) in [6.45, 7) is 3.34. The predicted octanol–water partition coefficient (Wildman–Crippen LogP) is 2.33. The second-order valence-corrected chi connectivity index (χ2v) is 5.67. The van der Waals surface area contributed by atoms with Gasteiger partial charge >= 0.3 is 0 Å². The van der Waals surface area contributed by atoms with Gasteiger partial charge in [0.15, 0.2) is 0 Å². The van der Waals surface area contributed by atoms with Crippen molar-refractivity contribution in [3.05, 3.63) is 29.3 Å². The van der Waals surface area contributed by atoms with E-state index in [1.54, 1.807) is 0 Å². The summed E-state index contributed by atoms with van der Waals surface area (Å²) >= 11 is 0. The molecular weight excluding hydrogens is 252 g/mol. The van der Waals surface area contributed by atoms with E-state index in [2.05, 4.69) is 11.4 Å². The number of carbonyl (C=O) groups excluding carboxylic acids is 2. The smallest absolute Gasteiger partial charge is 0.225 e. The molecular formula is C16H20N2O2. The van der Waals surface area contributed by atoms with E-state index < -0.39 is 0 Å². The number of nitrogens with zero attached hydrogens (tertiary/aromatic N) is 1. The van der Waals surface area contributed by atoms with E-state index in [9.17, 15) is 9.59 Å². The molecule has 0 atom stereocenters. The highest BCUT2D eigenvalue weighted by atomic mass is 16.2. The molecule has 2 aliphatic rings. The molecule has 0 unspecified atom stereocenters. The Kier molecular flexibility index (Phi) is 3.47. The second kappa shape index (κ2) is 5.27. The van der Waals surface area contributed by atoms with Gasteiger partial charge in [0.2, 0.25) is 11.8 Å². The number of anilines is 1. The maximum Gasteiger partial charge on any atom is 0.225 e. The zero-order valence-electron chi connectivity index (χ0n) is 11.8. The van der Waals surface area contributed by atoms with Gasteiger partial charge in [0, 0.05) is 31.1 Å². The SMILES string of the molecule is CCC(=O)Nc1ccc2c(c1)CN(C(=O)C1CC1)CC2. The van der Waals surface area contributed by atoms with Crippen molar-refractivity contribution in [1.82, 2.24) is 4.90 Å². The van der Waals surface area contributed by atoms with Crippen LogP contribution in [0, 0.1) is 5.92 Å². The van der Waals surface area contributed by atoms with Crippen molar-refractivity contribution in [3.63, 3.8) is 0 Å². The van der Waals surface area contributed by atoms with Crippen LogP contribution in [0.4, 0.5) is 5.69 Å². The highest BCUT2D eigenvalue weighted by molar-refractivity contribution is 5.90. The van der Waals surface area contributed by atoms with Crippen molar-refractivity contribution < 1.29 is 9.59 Å². The standard InChI is InChI=1S/C16H20N2O2/c1-2-15(19)17-14-6-5-11-7-8-18(10-13(11)9-14)16(20)12-3-4-12/h5-6,9,12H,2-4,7-8,10H2,1H3,(H,17,19). The lowest BCUT2D eigenvalue weighted by Crippen LogP contribution is -2.36. The molecule has 4 nitrogen and oxygen atoms in total. The van der Waals surface area contributed by atoms with Gasteiger partial charge in [-0.1, -0.05) is 13.0 Å². The minimum Gasteiger partial charge on any atom is -0.338 e. The average molecular weight is 272 g/mol. The van der Waals surface area contributed by atoms with E-state index >= 15 is 0 Å². The lowest BCUT2D eigenvalue weighted by atomic mass is 9.98. The number of rotatable bonds is 3. The molecule has 1 aliphatic heterocycles. The maximum atomic E-state index is 12.1. The van der Waals surface area contributed by atoms with Crippen molar-refractivity contribution in [3.8, 4) is 0 Å². The Morgan fingerprint density at radius 3 is 2.80 bits per heavy atom. The van der Waals surface area contributed by atoms with Gasteiger partial charge in [-0.25, -0.2) is 0 Å². The highest BCUT2D eigenvalue weighted by Crippen LogP contribution is 2.33. The molecule has 1 aromatic carbocycles. The Labute approximate surface area is 119 Å². The van der Waals surface area contributed by atoms with Gasteiger partial charge in [0.05, 0.1) is 0 Å². The lowest BCUT2D eigenvalue weighted by molar-refractivity contribution is -0.133. The summed E-state index contributed by atoms with van der Waals surface area (Å²) in [7, 11) is 0. The van der Waals surface area contributed by atoms with Crippen LogP contribution in [0.2, 0.25) is 0 Å². The molecule has 0 aromatic heterocycles. The summed E-state index contributed by atoms with van der Waals surface area (Å²) in [4.78, 5) is 25.5. The van der Waals surface area contributed by atoms with Gasteiger partial charge in [-0.2, -0.15) is 0 Å². The fourth-order valence-electron chi connectivity index (χ4n) is 2.66. The molecule has 4 heteroatoms. The molecule has 0 radical (unpaired) electrons. The minimum atomic E-state index is 0.0201. The maximum absolute atomic E-state index is 12.1. The van der Waals surface area contributed by atoms with Crippen LogP contribution in [0.5, 0.6) is 0 Å². The van der Waals surface area contributed by atoms with Crippen molar-refractivity contribution in [2.24, 2.45) is 5.92 Å². The first-order valence-electron chi connectivity index (χ1n) is 7.38. The highest BCUT2D eigenvalue weighted by Gasteiger charge is 2.34. The molecule has 1 aromatic rings. The summed E-state index contributed by atoms with van der Waals surface area (Å²) in [5, 5.41) is 2.88. The first kappa shape index (κ1) is 13.2. The second-order valence-electron chi connectivity index (χ2n) is 5.67. The number of benzene rings is 1. The van der Waals surface area contributed by atoms with Gasteiger partial charge in [0.1, 0.15) is 0 Å². The topological polar surface area (TPSA) is 49.4 Å². The van der Waals surface area contributed by atoms with Crippen LogP contribution < -0.4 is 5.32 Å². The number of carbonyl (C=O) groups is 2. The van der Waals surface area contributed by atoms with E-state index in [0.717, 1.165) is 31.5 Å². The molecule has 3 rings (SSSR count). The van der Waals surface area contributed by atoms with E-state index in [1.807, 2.05) is 24.0 Å². The Bertz CT molecular complexity index is 549. The summed E-state index contributed by atoms with van der Waals surface area (Å²) in [6, 6.07) is 6.03. The van der Waals surface area contributed by atoms with Gasteiger partial charge in [-0.3, -0.25) is 9.59 Å². The van der Waals surface area contributed by atoms with Crippen molar-refractivity contribution in [2.45, 2.75) is 39.2 Å². The molecule has 1 saturated carbocycles. The van der Waals surface area contributed by atoms with E-state index in [-0.39, 0.29) is 11.8 Å². The molecule has 20 heavy (non-hydrogen) atoms. The molecule has 0 bridgehead atoms. The Hall–Kier alpha value is -1.84.